The fourth-order valence-electron chi connectivity index (χ4n) is 5.83. The number of nitrogens with zero attached hydrogens (tertiary/aromatic N) is 2. The highest BCUT2D eigenvalue weighted by Crippen LogP contribution is 2.48. The summed E-state index contributed by atoms with van der Waals surface area (Å²) in [6, 6.07) is 5.98. The van der Waals surface area contributed by atoms with Crippen LogP contribution in [0.5, 0.6) is 0 Å². The molecule has 0 radical (unpaired) electrons. The molecule has 3 N–H and O–H groups in total. The van der Waals surface area contributed by atoms with Gasteiger partial charge in [-0.1, -0.05) is 17.9 Å². The van der Waals surface area contributed by atoms with Crippen LogP contribution in [0.3, 0.4) is 0 Å². The zero-order chi connectivity index (χ0) is 33.2. The highest BCUT2D eigenvalue weighted by molar-refractivity contribution is 7.94. The normalized spacial score (nSPS) is 18.7. The van der Waals surface area contributed by atoms with Crippen molar-refractivity contribution in [3.63, 3.8) is 0 Å². The van der Waals surface area contributed by atoms with Crippen LogP contribution in [0.15, 0.2) is 34.1 Å². The maximum absolute atomic E-state index is 12.2. The minimum Gasteiger partial charge on any atom is -0.330 e. The van der Waals surface area contributed by atoms with Crippen molar-refractivity contribution in [3.05, 3.63) is 29.8 Å². The quantitative estimate of drug-likeness (QED) is 0.0462. The number of hydroxylamine groups is 2. The van der Waals surface area contributed by atoms with E-state index < -0.39 is 54.1 Å². The molecule has 0 spiro atoms. The molecule has 0 aliphatic carbocycles. The summed E-state index contributed by atoms with van der Waals surface area (Å²) in [6.07, 6.45) is 2.11. The van der Waals surface area contributed by atoms with Gasteiger partial charge in [0.25, 0.3) is 32.1 Å². The van der Waals surface area contributed by atoms with Crippen LogP contribution >= 0.6 is 12.0 Å². The molecule has 0 saturated carbocycles. The van der Waals surface area contributed by atoms with Gasteiger partial charge in [-0.15, -0.1) is 9.40 Å². The third-order valence-corrected chi connectivity index (χ3v) is 10.4. The summed E-state index contributed by atoms with van der Waals surface area (Å²) in [5.41, 5.74) is 1.46. The van der Waals surface area contributed by atoms with Crippen LogP contribution in [0.1, 0.15) is 70.8 Å². The molecule has 1 atom stereocenters. The molecule has 45 heavy (non-hydrogen) atoms. The van der Waals surface area contributed by atoms with Crippen LogP contribution in [-0.2, 0) is 54.2 Å². The van der Waals surface area contributed by atoms with Gasteiger partial charge in [-0.05, 0) is 48.7 Å². The second-order valence-corrected chi connectivity index (χ2v) is 14.7. The summed E-state index contributed by atoms with van der Waals surface area (Å²) in [5.74, 6) is -2.29. The molecule has 2 aromatic rings. The van der Waals surface area contributed by atoms with E-state index in [1.54, 1.807) is 12.1 Å². The fourth-order valence-corrected chi connectivity index (χ4v) is 7.48. The number of hydrogen-bond acceptors (Lipinski definition) is 12. The molecular formula is C27H33N2O13S3+. The molecule has 1 unspecified atom stereocenters. The summed E-state index contributed by atoms with van der Waals surface area (Å²) in [4.78, 5) is 40.3. The van der Waals surface area contributed by atoms with Crippen LogP contribution < -0.4 is 0 Å². The predicted octanol–water partition coefficient (Wildman–Crippen LogP) is 3.73. The lowest BCUT2D eigenvalue weighted by Gasteiger charge is -2.24. The molecule has 4 rings (SSSR count). The molecule has 246 valence electrons. The van der Waals surface area contributed by atoms with Crippen LogP contribution in [0.2, 0.25) is 0 Å². The summed E-state index contributed by atoms with van der Waals surface area (Å²) >= 11 is 0.531. The fraction of sp³-hybridized carbons (Fsp3) is 0.481. The Morgan fingerprint density at radius 1 is 1.02 bits per heavy atom. The van der Waals surface area contributed by atoms with Gasteiger partial charge in [-0.25, -0.2) is 10.1 Å². The number of benzene rings is 2. The Labute approximate surface area is 263 Å². The van der Waals surface area contributed by atoms with Gasteiger partial charge < -0.3 is 4.84 Å². The van der Waals surface area contributed by atoms with Gasteiger partial charge in [-0.3, -0.25) is 18.7 Å². The number of hydrogen-bond donors (Lipinski definition) is 3. The average Bonchev–Trinajstić information content (AvgIpc) is 3.38. The van der Waals surface area contributed by atoms with Gasteiger partial charge >= 0.3 is 5.97 Å². The van der Waals surface area contributed by atoms with Gasteiger partial charge in [0.15, 0.2) is 5.71 Å². The first-order chi connectivity index (χ1) is 21.1. The largest absolute Gasteiger partial charge is 0.333 e. The van der Waals surface area contributed by atoms with Gasteiger partial charge in [0.05, 0.1) is 28.1 Å². The molecule has 15 nitrogen and oxygen atoms in total. The number of fused-ring (bicyclic) bond motifs is 3. The van der Waals surface area contributed by atoms with Crippen molar-refractivity contribution < 1.29 is 64.4 Å². The molecule has 2 aliphatic rings. The molecule has 0 bridgehead atoms. The third kappa shape index (κ3) is 7.89. The number of unbranched alkanes of at least 4 members (excludes halogenated alkanes) is 2. The Hall–Kier alpha value is -2.97. The Balaban J connectivity index is 1.64. The van der Waals surface area contributed by atoms with Crippen LogP contribution in [-0.4, -0.2) is 76.6 Å². The first-order valence-electron chi connectivity index (χ1n) is 13.9. The zero-order valence-corrected chi connectivity index (χ0v) is 26.9. The number of carbonyl (C=O) groups is 3. The monoisotopic (exact) mass is 689 g/mol. The Kier molecular flexibility index (Phi) is 10.7. The lowest BCUT2D eigenvalue weighted by atomic mass is 9.74. The second-order valence-electron chi connectivity index (χ2n) is 11.0. The van der Waals surface area contributed by atoms with E-state index in [-0.39, 0.29) is 37.1 Å². The minimum absolute atomic E-state index is 0.00230. The minimum atomic E-state index is -4.68. The maximum atomic E-state index is 12.2. The third-order valence-electron chi connectivity index (χ3n) is 8.09. The lowest BCUT2D eigenvalue weighted by Crippen LogP contribution is -2.32. The van der Waals surface area contributed by atoms with Gasteiger partial charge in [-0.2, -0.15) is 21.4 Å². The van der Waals surface area contributed by atoms with E-state index in [1.165, 1.54) is 12.1 Å². The first-order valence-corrected chi connectivity index (χ1v) is 17.7. The number of amides is 2. The Morgan fingerprint density at radius 3 is 2.33 bits per heavy atom. The molecule has 2 heterocycles. The highest BCUT2D eigenvalue weighted by atomic mass is 32.2. The number of carbonyl (C=O) groups excluding carboxylic acids is 3. The topological polar surface area (TPSA) is 214 Å². The van der Waals surface area contributed by atoms with E-state index in [9.17, 15) is 40.3 Å². The Morgan fingerprint density at radius 2 is 1.71 bits per heavy atom. The van der Waals surface area contributed by atoms with Crippen molar-refractivity contribution in [1.82, 2.24) is 5.06 Å². The summed E-state index contributed by atoms with van der Waals surface area (Å²) in [6.45, 7) is 4.04. The first kappa shape index (κ1) is 34.9. The van der Waals surface area contributed by atoms with Crippen molar-refractivity contribution in [2.45, 2.75) is 80.4 Å². The van der Waals surface area contributed by atoms with Gasteiger partial charge in [0.2, 0.25) is 5.69 Å². The van der Waals surface area contributed by atoms with Crippen LogP contribution in [0.4, 0.5) is 5.69 Å². The van der Waals surface area contributed by atoms with E-state index in [1.807, 2.05) is 18.4 Å². The highest BCUT2D eigenvalue weighted by Gasteiger charge is 2.47. The Bertz CT molecular complexity index is 1760. The van der Waals surface area contributed by atoms with Crippen molar-refractivity contribution in [2.24, 2.45) is 0 Å². The number of rotatable bonds is 15. The predicted molar refractivity (Wildman–Crippen MR) is 159 cm³/mol. The van der Waals surface area contributed by atoms with E-state index in [0.29, 0.717) is 64.8 Å². The van der Waals surface area contributed by atoms with Crippen LogP contribution in [0.25, 0.3) is 10.8 Å². The smallest absolute Gasteiger partial charge is 0.330 e. The molecule has 2 aromatic carbocycles. The number of imide groups is 1. The lowest BCUT2D eigenvalue weighted by molar-refractivity contribution is -0.438. The standard InChI is InChI=1S/C27H32N2O13S3/c1-17-27(2,12-5-3-4-7-25(32)40-29-23(30)10-11-24(29)31)26-20-15-18(45(37,38)39)16-22(43-42-41-33)19(20)8-9-21(26)28(17)13-6-14-44(34,35)36/h8-9,15-16H,3-7,10-14H2,1-2H3,(H2-,33,34,35,36,37,38,39)/p+1. The molecule has 18 heteroatoms. The summed E-state index contributed by atoms with van der Waals surface area (Å²) in [7, 11) is -8.89. The molecule has 2 aliphatic heterocycles. The van der Waals surface area contributed by atoms with Crippen molar-refractivity contribution in [2.75, 3.05) is 12.3 Å². The van der Waals surface area contributed by atoms with Crippen LogP contribution in [0, 0.1) is 0 Å². The van der Waals surface area contributed by atoms with E-state index >= 15 is 0 Å². The zero-order valence-electron chi connectivity index (χ0n) is 24.4. The van der Waals surface area contributed by atoms with Crippen molar-refractivity contribution >= 4 is 72.2 Å². The van der Waals surface area contributed by atoms with Gasteiger partial charge in [0.1, 0.15) is 6.54 Å². The maximum Gasteiger partial charge on any atom is 0.333 e. The average molecular weight is 690 g/mol. The van der Waals surface area contributed by atoms with Crippen molar-refractivity contribution in [3.8, 4) is 0 Å². The summed E-state index contributed by atoms with van der Waals surface area (Å²) in [5, 5.41) is 13.9. The van der Waals surface area contributed by atoms with Crippen molar-refractivity contribution in [1.29, 1.82) is 0 Å². The van der Waals surface area contributed by atoms with E-state index in [2.05, 4.69) is 9.37 Å². The summed E-state index contributed by atoms with van der Waals surface area (Å²) < 4.78 is 72.9. The molecule has 0 aromatic heterocycles. The molecule has 1 saturated heterocycles. The SMILES string of the molecule is CC1=[N+](CCCS(=O)(=O)O)c2ccc3c(SOOO)cc(S(=O)(=O)O)cc3c2C1(C)CCCCCC(=O)ON1C(=O)CCC1=O. The van der Waals surface area contributed by atoms with E-state index in [0.717, 1.165) is 5.71 Å². The molecule has 2 amide bonds. The van der Waals surface area contributed by atoms with Gasteiger partial charge in [0, 0.05) is 49.1 Å². The van der Waals surface area contributed by atoms with E-state index in [4.69, 9.17) is 10.1 Å². The molecular weight excluding hydrogens is 656 g/mol. The molecule has 1 fully saturated rings. The second kappa shape index (κ2) is 13.8.